The van der Waals surface area contributed by atoms with E-state index in [1.165, 1.54) is 17.0 Å². The van der Waals surface area contributed by atoms with Gasteiger partial charge in [0, 0.05) is 19.0 Å². The number of oxazole rings is 1. The molecule has 162 valence electrons. The topological polar surface area (TPSA) is 119 Å². The van der Waals surface area contributed by atoms with Gasteiger partial charge >= 0.3 is 12.1 Å². The van der Waals surface area contributed by atoms with Gasteiger partial charge in [0.2, 0.25) is 0 Å². The molecule has 1 aromatic carbocycles. The molecular formula is C21H21N3O7. The summed E-state index contributed by atoms with van der Waals surface area (Å²) < 4.78 is 10.8. The summed E-state index contributed by atoms with van der Waals surface area (Å²) in [5, 5.41) is 0.424. The van der Waals surface area contributed by atoms with E-state index in [0.717, 1.165) is 6.39 Å². The standard InChI is InChI=1S/C21H21N3O7/c1-21(2,3)30-20(28)23-9-8-12(10-23)16-15(22-11-29-16)19(27)31-24-17(25)13-6-4-5-7-14(13)18(24)26/h4-7,11-12H,8-10H2,1-3H3. The monoisotopic (exact) mass is 427 g/mol. The van der Waals surface area contributed by atoms with E-state index in [-0.39, 0.29) is 35.0 Å². The number of nitrogens with zero attached hydrogens (tertiary/aromatic N) is 3. The van der Waals surface area contributed by atoms with E-state index in [1.54, 1.807) is 32.9 Å². The second-order valence-corrected chi connectivity index (χ2v) is 8.31. The lowest BCUT2D eigenvalue weighted by molar-refractivity contribution is -0.0589. The number of rotatable bonds is 3. The average Bonchev–Trinajstić information content (AvgIpc) is 3.42. The zero-order valence-electron chi connectivity index (χ0n) is 17.3. The van der Waals surface area contributed by atoms with Crippen molar-refractivity contribution in [3.63, 3.8) is 0 Å². The van der Waals surface area contributed by atoms with Gasteiger partial charge < -0.3 is 18.9 Å². The van der Waals surface area contributed by atoms with E-state index in [0.29, 0.717) is 18.0 Å². The molecule has 0 bridgehead atoms. The highest BCUT2D eigenvalue weighted by Crippen LogP contribution is 2.31. The number of imide groups is 1. The number of hydroxylamine groups is 2. The molecule has 31 heavy (non-hydrogen) atoms. The first-order valence-corrected chi connectivity index (χ1v) is 9.77. The minimum atomic E-state index is -0.992. The molecule has 10 nitrogen and oxygen atoms in total. The van der Waals surface area contributed by atoms with E-state index in [9.17, 15) is 19.2 Å². The van der Waals surface area contributed by atoms with Crippen LogP contribution in [0, 0.1) is 0 Å². The third kappa shape index (κ3) is 3.88. The summed E-state index contributed by atoms with van der Waals surface area (Å²) in [6.07, 6.45) is 1.16. The van der Waals surface area contributed by atoms with Gasteiger partial charge in [-0.05, 0) is 39.3 Å². The quantitative estimate of drug-likeness (QED) is 0.686. The number of fused-ring (bicyclic) bond motifs is 1. The van der Waals surface area contributed by atoms with Gasteiger partial charge in [-0.1, -0.05) is 17.2 Å². The van der Waals surface area contributed by atoms with Crippen LogP contribution in [0.4, 0.5) is 4.79 Å². The molecule has 2 aliphatic heterocycles. The van der Waals surface area contributed by atoms with E-state index in [1.807, 2.05) is 0 Å². The van der Waals surface area contributed by atoms with Crippen LogP contribution >= 0.6 is 0 Å². The molecule has 10 heteroatoms. The molecule has 2 aromatic rings. The van der Waals surface area contributed by atoms with Crippen LogP contribution in [0.15, 0.2) is 35.1 Å². The first-order chi connectivity index (χ1) is 14.7. The number of hydrogen-bond acceptors (Lipinski definition) is 8. The number of aromatic nitrogens is 1. The van der Waals surface area contributed by atoms with Crippen molar-refractivity contribution in [3.8, 4) is 0 Å². The molecule has 3 amide bonds. The van der Waals surface area contributed by atoms with Crippen molar-refractivity contribution in [1.82, 2.24) is 14.9 Å². The summed E-state index contributed by atoms with van der Waals surface area (Å²) in [6.45, 7) is 6.04. The number of carbonyl (C=O) groups excluding carboxylic acids is 4. The molecule has 1 aromatic heterocycles. The van der Waals surface area contributed by atoms with Crippen molar-refractivity contribution >= 4 is 23.9 Å². The molecule has 0 spiro atoms. The summed E-state index contributed by atoms with van der Waals surface area (Å²) in [5.41, 5.74) is -0.454. The first-order valence-electron chi connectivity index (χ1n) is 9.77. The van der Waals surface area contributed by atoms with Crippen molar-refractivity contribution in [2.24, 2.45) is 0 Å². The van der Waals surface area contributed by atoms with Gasteiger partial charge in [0.25, 0.3) is 11.8 Å². The summed E-state index contributed by atoms with van der Waals surface area (Å²) in [6, 6.07) is 6.19. The predicted molar refractivity (Wildman–Crippen MR) is 104 cm³/mol. The minimum Gasteiger partial charge on any atom is -0.447 e. The Hall–Kier alpha value is -3.69. The maximum absolute atomic E-state index is 12.7. The van der Waals surface area contributed by atoms with Crippen LogP contribution in [0.25, 0.3) is 0 Å². The Kier molecular flexibility index (Phi) is 5.00. The lowest BCUT2D eigenvalue weighted by Crippen LogP contribution is -2.35. The lowest BCUT2D eigenvalue weighted by atomic mass is 10.0. The van der Waals surface area contributed by atoms with E-state index in [4.69, 9.17) is 14.0 Å². The van der Waals surface area contributed by atoms with E-state index >= 15 is 0 Å². The molecule has 1 fully saturated rings. The molecule has 0 saturated carbocycles. The molecule has 3 heterocycles. The lowest BCUT2D eigenvalue weighted by Gasteiger charge is -2.24. The second kappa shape index (κ2) is 7.53. The van der Waals surface area contributed by atoms with Gasteiger partial charge in [0.1, 0.15) is 11.4 Å². The Morgan fingerprint density at radius 3 is 2.39 bits per heavy atom. The summed E-state index contributed by atoms with van der Waals surface area (Å²) >= 11 is 0. The van der Waals surface area contributed by atoms with Crippen molar-refractivity contribution in [1.29, 1.82) is 0 Å². The maximum atomic E-state index is 12.7. The SMILES string of the molecule is CC(C)(C)OC(=O)N1CCC(c2ocnc2C(=O)ON2C(=O)c3ccccc3C2=O)C1. The van der Waals surface area contributed by atoms with Crippen molar-refractivity contribution < 1.29 is 33.2 Å². The Labute approximate surface area is 177 Å². The highest BCUT2D eigenvalue weighted by atomic mass is 16.7. The molecule has 0 aliphatic carbocycles. The second-order valence-electron chi connectivity index (χ2n) is 8.31. The minimum absolute atomic E-state index is 0.146. The molecule has 1 atom stereocenters. The van der Waals surface area contributed by atoms with Gasteiger partial charge in [0.05, 0.1) is 11.1 Å². The van der Waals surface area contributed by atoms with Crippen molar-refractivity contribution in [3.05, 3.63) is 53.2 Å². The summed E-state index contributed by atoms with van der Waals surface area (Å²) in [7, 11) is 0. The zero-order valence-corrected chi connectivity index (χ0v) is 17.3. The molecule has 0 radical (unpaired) electrons. The van der Waals surface area contributed by atoms with Crippen LogP contribution in [-0.4, -0.2) is 57.5 Å². The van der Waals surface area contributed by atoms with Gasteiger partial charge in [-0.15, -0.1) is 0 Å². The van der Waals surface area contributed by atoms with Crippen LogP contribution in [0.5, 0.6) is 0 Å². The summed E-state index contributed by atoms with van der Waals surface area (Å²) in [4.78, 5) is 60.3. The third-order valence-corrected chi connectivity index (χ3v) is 4.93. The van der Waals surface area contributed by atoms with Gasteiger partial charge in [-0.3, -0.25) is 9.59 Å². The predicted octanol–water partition coefficient (Wildman–Crippen LogP) is 2.77. The Bertz CT molecular complexity index is 1030. The van der Waals surface area contributed by atoms with Gasteiger partial charge in [0.15, 0.2) is 12.1 Å². The molecule has 1 saturated heterocycles. The van der Waals surface area contributed by atoms with Crippen LogP contribution in [0.2, 0.25) is 0 Å². The molecular weight excluding hydrogens is 406 g/mol. The van der Waals surface area contributed by atoms with Crippen LogP contribution in [0.3, 0.4) is 0 Å². The number of amides is 3. The zero-order chi connectivity index (χ0) is 22.3. The fraction of sp³-hybridized carbons (Fsp3) is 0.381. The van der Waals surface area contributed by atoms with E-state index < -0.39 is 29.5 Å². The van der Waals surface area contributed by atoms with Crippen LogP contribution in [-0.2, 0) is 9.57 Å². The highest BCUT2D eigenvalue weighted by Gasteiger charge is 2.41. The first kappa shape index (κ1) is 20.6. The number of carbonyl (C=O) groups is 4. The maximum Gasteiger partial charge on any atom is 0.410 e. The van der Waals surface area contributed by atoms with Crippen LogP contribution < -0.4 is 0 Å². The van der Waals surface area contributed by atoms with E-state index in [2.05, 4.69) is 4.98 Å². The smallest absolute Gasteiger partial charge is 0.410 e. The number of likely N-dealkylation sites (tertiary alicyclic amines) is 1. The molecule has 1 unspecified atom stereocenters. The van der Waals surface area contributed by atoms with Gasteiger partial charge in [-0.2, -0.15) is 0 Å². The Morgan fingerprint density at radius 1 is 1.13 bits per heavy atom. The Morgan fingerprint density at radius 2 is 1.77 bits per heavy atom. The normalized spacial score (nSPS) is 18.4. The van der Waals surface area contributed by atoms with Gasteiger partial charge in [-0.25, -0.2) is 14.6 Å². The molecule has 4 rings (SSSR count). The summed E-state index contributed by atoms with van der Waals surface area (Å²) in [5.74, 6) is -2.52. The van der Waals surface area contributed by atoms with Crippen molar-refractivity contribution in [2.45, 2.75) is 38.7 Å². The number of benzene rings is 1. The molecule has 0 N–H and O–H groups in total. The van der Waals surface area contributed by atoms with Crippen molar-refractivity contribution in [2.75, 3.05) is 13.1 Å². The third-order valence-electron chi connectivity index (χ3n) is 4.93. The fourth-order valence-electron chi connectivity index (χ4n) is 3.54. The molecule has 2 aliphatic rings. The Balaban J connectivity index is 1.46. The largest absolute Gasteiger partial charge is 0.447 e. The number of ether oxygens (including phenoxy) is 1. The average molecular weight is 427 g/mol. The number of hydrogen-bond donors (Lipinski definition) is 0. The fourth-order valence-corrected chi connectivity index (χ4v) is 3.54. The highest BCUT2D eigenvalue weighted by molar-refractivity contribution is 6.21. The van der Waals surface area contributed by atoms with Crippen LogP contribution in [0.1, 0.15) is 70.1 Å².